The molecule has 1 aromatic carbocycles. The van der Waals surface area contributed by atoms with Gasteiger partial charge in [-0.15, -0.1) is 0 Å². The van der Waals surface area contributed by atoms with E-state index in [0.717, 1.165) is 23.1 Å². The molecular formula is C29H35ClFN5O2S. The number of benzene rings is 1. The van der Waals surface area contributed by atoms with Gasteiger partial charge >= 0.3 is 6.09 Å². The Balaban J connectivity index is 1.52. The third kappa shape index (κ3) is 4.74. The number of halogens is 2. The van der Waals surface area contributed by atoms with E-state index < -0.39 is 22.8 Å². The van der Waals surface area contributed by atoms with E-state index in [2.05, 4.69) is 11.0 Å². The van der Waals surface area contributed by atoms with Gasteiger partial charge in [-0.25, -0.2) is 19.2 Å². The van der Waals surface area contributed by atoms with Gasteiger partial charge in [-0.1, -0.05) is 35.5 Å². The van der Waals surface area contributed by atoms with Crippen LogP contribution < -0.4 is 4.90 Å². The number of nitriles is 1. The summed E-state index contributed by atoms with van der Waals surface area (Å²) in [4.78, 5) is 26.3. The van der Waals surface area contributed by atoms with Crippen LogP contribution in [0.3, 0.4) is 0 Å². The Morgan fingerprint density at radius 1 is 1.26 bits per heavy atom. The van der Waals surface area contributed by atoms with Crippen molar-refractivity contribution in [3.63, 3.8) is 0 Å². The average Bonchev–Trinajstić information content (AvgIpc) is 3.26. The van der Waals surface area contributed by atoms with E-state index in [1.165, 1.54) is 11.8 Å². The molecule has 1 spiro atoms. The molecule has 2 aliphatic carbocycles. The van der Waals surface area contributed by atoms with E-state index in [0.29, 0.717) is 60.6 Å². The monoisotopic (exact) mass is 571 g/mol. The largest absolute Gasteiger partial charge is 0.444 e. The number of anilines is 1. The van der Waals surface area contributed by atoms with Crippen LogP contribution in [0.15, 0.2) is 23.4 Å². The molecule has 5 rings (SSSR count). The summed E-state index contributed by atoms with van der Waals surface area (Å²) in [5.74, 6) is 0.708. The Hall–Kier alpha value is -2.57. The second kappa shape index (κ2) is 10.1. The number of thioether (sulfide) groups is 1. The van der Waals surface area contributed by atoms with E-state index in [4.69, 9.17) is 26.3 Å². The molecule has 0 radical (unpaired) electrons. The van der Waals surface area contributed by atoms with Crippen LogP contribution in [0.25, 0.3) is 0 Å². The zero-order valence-electron chi connectivity index (χ0n) is 23.2. The summed E-state index contributed by atoms with van der Waals surface area (Å²) in [7, 11) is 0. The highest BCUT2D eigenvalue weighted by Gasteiger charge is 2.58. The molecule has 7 nitrogen and oxygen atoms in total. The molecule has 2 aromatic rings. The fraction of sp³-hybridized carbons (Fsp3) is 0.586. The topological polar surface area (TPSA) is 82.4 Å². The highest BCUT2D eigenvalue weighted by molar-refractivity contribution is 7.98. The van der Waals surface area contributed by atoms with Crippen LogP contribution in [0.4, 0.5) is 15.0 Å². The van der Waals surface area contributed by atoms with Crippen LogP contribution in [-0.4, -0.2) is 58.5 Å². The van der Waals surface area contributed by atoms with Gasteiger partial charge < -0.3 is 14.5 Å². The van der Waals surface area contributed by atoms with Gasteiger partial charge in [0.05, 0.1) is 24.2 Å². The second-order valence-electron chi connectivity index (χ2n) is 11.8. The van der Waals surface area contributed by atoms with Crippen molar-refractivity contribution in [1.82, 2.24) is 14.9 Å². The Morgan fingerprint density at radius 2 is 1.97 bits per heavy atom. The summed E-state index contributed by atoms with van der Waals surface area (Å²) >= 11 is 7.92. The molecular weight excluding hydrogens is 537 g/mol. The molecule has 208 valence electrons. The summed E-state index contributed by atoms with van der Waals surface area (Å²) in [6, 6.07) is 7.68. The van der Waals surface area contributed by atoms with E-state index in [1.807, 2.05) is 45.2 Å². The number of aromatic nitrogens is 2. The zero-order chi connectivity index (χ0) is 28.2. The van der Waals surface area contributed by atoms with Crippen LogP contribution in [0.5, 0.6) is 0 Å². The van der Waals surface area contributed by atoms with E-state index in [-0.39, 0.29) is 12.5 Å². The fourth-order valence-electron chi connectivity index (χ4n) is 6.59. The van der Waals surface area contributed by atoms with Crippen molar-refractivity contribution in [3.05, 3.63) is 45.6 Å². The summed E-state index contributed by atoms with van der Waals surface area (Å²) in [5.41, 5.74) is 0.265. The van der Waals surface area contributed by atoms with Crippen molar-refractivity contribution in [2.24, 2.45) is 0 Å². The second-order valence-corrected chi connectivity index (χ2v) is 13.0. The maximum atomic E-state index is 17.3. The van der Waals surface area contributed by atoms with Crippen LogP contribution >= 0.6 is 23.4 Å². The number of carbonyl (C=O) groups excluding carboxylic acids is 1. The van der Waals surface area contributed by atoms with Crippen molar-refractivity contribution >= 4 is 35.3 Å². The molecule has 10 heteroatoms. The van der Waals surface area contributed by atoms with E-state index >= 15 is 4.39 Å². The predicted octanol–water partition coefficient (Wildman–Crippen LogP) is 6.21. The summed E-state index contributed by atoms with van der Waals surface area (Å²) in [6.45, 7) is 8.46. The Kier molecular flexibility index (Phi) is 7.26. The van der Waals surface area contributed by atoms with Gasteiger partial charge in [-0.2, -0.15) is 5.26 Å². The van der Waals surface area contributed by atoms with Gasteiger partial charge in [0.1, 0.15) is 11.4 Å². The van der Waals surface area contributed by atoms with Crippen molar-refractivity contribution < 1.29 is 13.9 Å². The first-order chi connectivity index (χ1) is 18.4. The third-order valence-electron chi connectivity index (χ3n) is 8.47. The highest BCUT2D eigenvalue weighted by Crippen LogP contribution is 2.59. The first-order valence-electron chi connectivity index (χ1n) is 13.5. The lowest BCUT2D eigenvalue weighted by molar-refractivity contribution is 0.0144. The minimum Gasteiger partial charge on any atom is -0.444 e. The first-order valence-corrected chi connectivity index (χ1v) is 15.1. The summed E-state index contributed by atoms with van der Waals surface area (Å²) < 4.78 is 23.0. The molecule has 2 unspecified atom stereocenters. The van der Waals surface area contributed by atoms with Crippen LogP contribution in [-0.2, 0) is 28.7 Å². The molecule has 39 heavy (non-hydrogen) atoms. The molecule has 0 N–H and O–H groups in total. The number of amides is 1. The molecule has 1 aromatic heterocycles. The molecule has 3 aliphatic rings. The molecule has 1 amide bonds. The Morgan fingerprint density at radius 3 is 2.64 bits per heavy atom. The minimum absolute atomic E-state index is 0.167. The average molecular weight is 572 g/mol. The Labute approximate surface area is 239 Å². The highest BCUT2D eigenvalue weighted by atomic mass is 35.5. The number of alkyl halides is 1. The zero-order valence-corrected chi connectivity index (χ0v) is 24.8. The number of hydrogen-bond acceptors (Lipinski definition) is 7. The summed E-state index contributed by atoms with van der Waals surface area (Å²) in [5, 5.41) is 10.7. The van der Waals surface area contributed by atoms with Gasteiger partial charge in [0, 0.05) is 35.6 Å². The SMILES string of the molecule is CSc1nc(N2CCN(C(=O)OC(C)(C)C)[C@@H](CC#N)C2)c2c(n1)C(C)(F)C1(CCc3c(Cl)cccc31)CC2. The first kappa shape index (κ1) is 28.0. The van der Waals surface area contributed by atoms with Gasteiger partial charge in [-0.05, 0) is 76.8 Å². The lowest BCUT2D eigenvalue weighted by Crippen LogP contribution is -2.56. The van der Waals surface area contributed by atoms with Gasteiger partial charge in [-0.3, -0.25) is 0 Å². The number of rotatable bonds is 3. The number of nitrogens with zero attached hydrogens (tertiary/aromatic N) is 5. The van der Waals surface area contributed by atoms with Crippen molar-refractivity contribution in [1.29, 1.82) is 5.26 Å². The molecule has 0 bridgehead atoms. The van der Waals surface area contributed by atoms with Crippen LogP contribution in [0.1, 0.15) is 69.3 Å². The predicted molar refractivity (Wildman–Crippen MR) is 151 cm³/mol. The Bertz CT molecular complexity index is 1340. The maximum absolute atomic E-state index is 17.3. The van der Waals surface area contributed by atoms with Crippen LogP contribution in [0.2, 0.25) is 5.02 Å². The number of fused-ring (bicyclic) bond motifs is 3. The molecule has 0 saturated carbocycles. The quantitative estimate of drug-likeness (QED) is 0.320. The van der Waals surface area contributed by atoms with Crippen LogP contribution in [0, 0.1) is 11.3 Å². The molecule has 1 fully saturated rings. The normalized spacial score (nSPS) is 26.3. The third-order valence-corrected chi connectivity index (χ3v) is 9.37. The van der Waals surface area contributed by atoms with E-state index in [9.17, 15) is 10.1 Å². The van der Waals surface area contributed by atoms with Gasteiger partial charge in [0.2, 0.25) is 0 Å². The molecule has 1 saturated heterocycles. The fourth-order valence-corrected chi connectivity index (χ4v) is 7.22. The standard InChI is InChI=1S/C29H35ClFN5O2S/c1-27(2,3)38-26(37)36-16-15-35(17-18(36)11-14-32)24-20-10-13-29(12-9-19-21(29)7-6-8-22(19)30)28(4,31)23(20)33-25(34-24)39-5/h6-8,18H,9-13,15-17H2,1-5H3/t18-,28?,29?/m0/s1. The van der Waals surface area contributed by atoms with Crippen molar-refractivity contribution in [3.8, 4) is 6.07 Å². The number of hydrogen-bond donors (Lipinski definition) is 0. The lowest BCUT2D eigenvalue weighted by atomic mass is 9.61. The number of piperazine rings is 1. The smallest absolute Gasteiger partial charge is 0.410 e. The van der Waals surface area contributed by atoms with Gasteiger partial charge in [0.25, 0.3) is 0 Å². The summed E-state index contributed by atoms with van der Waals surface area (Å²) in [6.07, 6.45) is 4.34. The lowest BCUT2D eigenvalue weighted by Gasteiger charge is -2.47. The number of ether oxygens (including phenoxy) is 1. The molecule has 1 aliphatic heterocycles. The maximum Gasteiger partial charge on any atom is 0.410 e. The number of carbonyl (C=O) groups is 1. The van der Waals surface area contributed by atoms with E-state index in [1.54, 1.807) is 11.8 Å². The minimum atomic E-state index is -1.72. The molecule has 2 heterocycles. The molecule has 3 atom stereocenters. The van der Waals surface area contributed by atoms with Crippen molar-refractivity contribution in [2.75, 3.05) is 30.8 Å². The van der Waals surface area contributed by atoms with Gasteiger partial charge in [0.15, 0.2) is 10.8 Å². The van der Waals surface area contributed by atoms with Crippen molar-refractivity contribution in [2.45, 2.75) is 87.7 Å².